The van der Waals surface area contributed by atoms with Gasteiger partial charge in [0.1, 0.15) is 11.0 Å². The third-order valence-electron chi connectivity index (χ3n) is 5.46. The second-order valence-electron chi connectivity index (χ2n) is 7.45. The minimum Gasteiger partial charge on any atom is -0.493 e. The zero-order chi connectivity index (χ0) is 22.5. The fraction of sp³-hybridized carbons (Fsp3) is 0.292. The molecule has 0 radical (unpaired) electrons. The largest absolute Gasteiger partial charge is 0.493 e. The summed E-state index contributed by atoms with van der Waals surface area (Å²) in [5.41, 5.74) is 2.32. The van der Waals surface area contributed by atoms with Gasteiger partial charge in [-0.2, -0.15) is 0 Å². The second-order valence-corrected chi connectivity index (χ2v) is 8.31. The lowest BCUT2D eigenvalue weighted by Gasteiger charge is -2.24. The van der Waals surface area contributed by atoms with Crippen molar-refractivity contribution in [2.24, 2.45) is 0 Å². The third-order valence-corrected chi connectivity index (χ3v) is 6.40. The predicted molar refractivity (Wildman–Crippen MR) is 123 cm³/mol. The molecule has 7 nitrogen and oxygen atoms in total. The van der Waals surface area contributed by atoms with Crippen LogP contribution in [0.4, 0.5) is 0 Å². The van der Waals surface area contributed by atoms with Crippen molar-refractivity contribution in [3.8, 4) is 22.1 Å². The van der Waals surface area contributed by atoms with Gasteiger partial charge in [-0.05, 0) is 31.0 Å². The number of ether oxygens (including phenoxy) is 2. The zero-order valence-corrected chi connectivity index (χ0v) is 18.9. The van der Waals surface area contributed by atoms with E-state index in [4.69, 9.17) is 9.47 Å². The monoisotopic (exact) mass is 451 g/mol. The first-order chi connectivity index (χ1) is 15.6. The van der Waals surface area contributed by atoms with E-state index in [-0.39, 0.29) is 11.8 Å². The summed E-state index contributed by atoms with van der Waals surface area (Å²) in [6.45, 7) is 0.872. The van der Waals surface area contributed by atoms with Crippen molar-refractivity contribution in [3.05, 3.63) is 65.2 Å². The van der Waals surface area contributed by atoms with Gasteiger partial charge >= 0.3 is 0 Å². The molecule has 1 unspecified atom stereocenters. The predicted octanol–water partition coefficient (Wildman–Crippen LogP) is 3.75. The van der Waals surface area contributed by atoms with Crippen LogP contribution in [-0.2, 0) is 11.3 Å². The SMILES string of the molecule is COc1ccc(C(=O)N2CCCC2C(=O)NCc2csc(-c3ccccc3)n2)cc1OC. The van der Waals surface area contributed by atoms with Crippen molar-refractivity contribution < 1.29 is 19.1 Å². The Morgan fingerprint density at radius 2 is 1.91 bits per heavy atom. The topological polar surface area (TPSA) is 80.8 Å². The summed E-state index contributed by atoms with van der Waals surface area (Å²) >= 11 is 1.55. The van der Waals surface area contributed by atoms with E-state index in [1.54, 1.807) is 41.5 Å². The first kappa shape index (κ1) is 21.8. The van der Waals surface area contributed by atoms with Gasteiger partial charge in [0.05, 0.1) is 26.5 Å². The van der Waals surface area contributed by atoms with Gasteiger partial charge in [-0.1, -0.05) is 30.3 Å². The molecule has 8 heteroatoms. The van der Waals surface area contributed by atoms with E-state index in [0.29, 0.717) is 36.6 Å². The fourth-order valence-electron chi connectivity index (χ4n) is 3.81. The Morgan fingerprint density at radius 3 is 2.66 bits per heavy atom. The normalized spacial score (nSPS) is 15.4. The van der Waals surface area contributed by atoms with E-state index >= 15 is 0 Å². The van der Waals surface area contributed by atoms with Crippen molar-refractivity contribution in [2.75, 3.05) is 20.8 Å². The smallest absolute Gasteiger partial charge is 0.254 e. The van der Waals surface area contributed by atoms with Gasteiger partial charge in [-0.15, -0.1) is 11.3 Å². The number of methoxy groups -OCH3 is 2. The average Bonchev–Trinajstić information content (AvgIpc) is 3.52. The van der Waals surface area contributed by atoms with Gasteiger partial charge in [0.25, 0.3) is 5.91 Å². The van der Waals surface area contributed by atoms with E-state index in [2.05, 4.69) is 10.3 Å². The van der Waals surface area contributed by atoms with Crippen LogP contribution in [0.15, 0.2) is 53.9 Å². The molecule has 2 heterocycles. The fourth-order valence-corrected chi connectivity index (χ4v) is 4.64. The van der Waals surface area contributed by atoms with Crippen LogP contribution in [-0.4, -0.2) is 48.5 Å². The van der Waals surface area contributed by atoms with Crippen molar-refractivity contribution in [3.63, 3.8) is 0 Å². The van der Waals surface area contributed by atoms with Crippen molar-refractivity contribution >= 4 is 23.2 Å². The molecule has 166 valence electrons. The Kier molecular flexibility index (Phi) is 6.70. The maximum absolute atomic E-state index is 13.1. The lowest BCUT2D eigenvalue weighted by atomic mass is 10.1. The summed E-state index contributed by atoms with van der Waals surface area (Å²) in [6, 6.07) is 14.5. The standard InChI is InChI=1S/C24H25N3O4S/c1-30-20-11-10-17(13-21(20)31-2)24(29)27-12-6-9-19(27)22(28)25-14-18-15-32-23(26-18)16-7-4-3-5-8-16/h3-5,7-8,10-11,13,15,19H,6,9,12,14H2,1-2H3,(H,25,28). The number of carbonyl (C=O) groups is 2. The zero-order valence-electron chi connectivity index (χ0n) is 18.0. The molecule has 0 aliphatic carbocycles. The quantitative estimate of drug-likeness (QED) is 0.592. The lowest BCUT2D eigenvalue weighted by molar-refractivity contribution is -0.125. The Hall–Kier alpha value is -3.39. The highest BCUT2D eigenvalue weighted by Crippen LogP contribution is 2.29. The minimum absolute atomic E-state index is 0.161. The highest BCUT2D eigenvalue weighted by atomic mass is 32.1. The molecule has 32 heavy (non-hydrogen) atoms. The summed E-state index contributed by atoms with van der Waals surface area (Å²) in [5.74, 6) is 0.684. The summed E-state index contributed by atoms with van der Waals surface area (Å²) in [7, 11) is 3.07. The molecule has 4 rings (SSSR count). The number of carbonyl (C=O) groups excluding carboxylic acids is 2. The Balaban J connectivity index is 1.40. The van der Waals surface area contributed by atoms with E-state index < -0.39 is 6.04 Å². The summed E-state index contributed by atoms with van der Waals surface area (Å²) in [6.07, 6.45) is 1.42. The van der Waals surface area contributed by atoms with Crippen LogP contribution in [0.5, 0.6) is 11.5 Å². The highest BCUT2D eigenvalue weighted by molar-refractivity contribution is 7.13. The Morgan fingerprint density at radius 1 is 1.12 bits per heavy atom. The number of nitrogens with zero attached hydrogens (tertiary/aromatic N) is 2. The van der Waals surface area contributed by atoms with Gasteiger partial charge < -0.3 is 19.7 Å². The Bertz CT molecular complexity index is 1100. The first-order valence-electron chi connectivity index (χ1n) is 10.4. The molecule has 2 aromatic carbocycles. The van der Waals surface area contributed by atoms with E-state index in [1.165, 1.54) is 7.11 Å². The molecule has 1 N–H and O–H groups in total. The van der Waals surface area contributed by atoms with Crippen LogP contribution in [0.2, 0.25) is 0 Å². The van der Waals surface area contributed by atoms with Crippen LogP contribution in [0.1, 0.15) is 28.9 Å². The number of aromatic nitrogens is 1. The van der Waals surface area contributed by atoms with Gasteiger partial charge in [0.2, 0.25) is 5.91 Å². The number of hydrogen-bond acceptors (Lipinski definition) is 6. The second kappa shape index (κ2) is 9.82. The van der Waals surface area contributed by atoms with Crippen LogP contribution in [0.25, 0.3) is 10.6 Å². The maximum atomic E-state index is 13.1. The van der Waals surface area contributed by atoms with Crippen LogP contribution in [0.3, 0.4) is 0 Å². The van der Waals surface area contributed by atoms with Crippen molar-refractivity contribution in [2.45, 2.75) is 25.4 Å². The number of nitrogens with one attached hydrogen (secondary N) is 1. The molecule has 1 aliphatic rings. The molecule has 1 aliphatic heterocycles. The van der Waals surface area contributed by atoms with Gasteiger partial charge in [0.15, 0.2) is 11.5 Å². The van der Waals surface area contributed by atoms with Crippen molar-refractivity contribution in [1.82, 2.24) is 15.2 Å². The summed E-state index contributed by atoms with van der Waals surface area (Å²) < 4.78 is 10.5. The first-order valence-corrected chi connectivity index (χ1v) is 11.3. The lowest BCUT2D eigenvalue weighted by Crippen LogP contribution is -2.45. The molecule has 3 aromatic rings. The number of amides is 2. The van der Waals surface area contributed by atoms with Gasteiger partial charge in [-0.3, -0.25) is 9.59 Å². The van der Waals surface area contributed by atoms with E-state index in [9.17, 15) is 9.59 Å². The number of likely N-dealkylation sites (tertiary alicyclic amines) is 1. The van der Waals surface area contributed by atoms with Crippen LogP contribution >= 0.6 is 11.3 Å². The molecule has 1 aromatic heterocycles. The molecule has 1 fully saturated rings. The number of benzene rings is 2. The molecule has 1 saturated heterocycles. The summed E-state index contributed by atoms with van der Waals surface area (Å²) in [5, 5.41) is 5.82. The highest BCUT2D eigenvalue weighted by Gasteiger charge is 2.34. The molecule has 0 saturated carbocycles. The van der Waals surface area contributed by atoms with E-state index in [1.807, 2.05) is 35.7 Å². The maximum Gasteiger partial charge on any atom is 0.254 e. The summed E-state index contributed by atoms with van der Waals surface area (Å²) in [4.78, 5) is 32.2. The molecule has 1 atom stereocenters. The Labute approximate surface area is 191 Å². The average molecular weight is 452 g/mol. The molecular weight excluding hydrogens is 426 g/mol. The van der Waals surface area contributed by atoms with Crippen LogP contribution < -0.4 is 14.8 Å². The molecule has 0 bridgehead atoms. The third kappa shape index (κ3) is 4.60. The van der Waals surface area contributed by atoms with E-state index in [0.717, 1.165) is 22.7 Å². The molecule has 0 spiro atoms. The van der Waals surface area contributed by atoms with Gasteiger partial charge in [0, 0.05) is 23.1 Å². The molecular formula is C24H25N3O4S. The minimum atomic E-state index is -0.497. The number of thiazole rings is 1. The number of hydrogen-bond donors (Lipinski definition) is 1. The van der Waals surface area contributed by atoms with Crippen LogP contribution in [0, 0.1) is 0 Å². The molecule has 2 amide bonds. The van der Waals surface area contributed by atoms with Crippen molar-refractivity contribution in [1.29, 1.82) is 0 Å². The van der Waals surface area contributed by atoms with Gasteiger partial charge in [-0.25, -0.2) is 4.98 Å². The number of rotatable bonds is 7.